The summed E-state index contributed by atoms with van der Waals surface area (Å²) in [6.45, 7) is 1.77. The molecular weight excluding hydrogens is 280 g/mol. The number of nitrogens with zero attached hydrogens (tertiary/aromatic N) is 2. The van der Waals surface area contributed by atoms with Gasteiger partial charge in [0, 0.05) is 17.6 Å². The first kappa shape index (κ1) is 14.9. The minimum absolute atomic E-state index is 0.0226. The molecule has 0 aliphatic carbocycles. The van der Waals surface area contributed by atoms with Crippen LogP contribution in [0.1, 0.15) is 16.3 Å². The number of hydrogen-bond donors (Lipinski definition) is 2. The molecule has 0 bridgehead atoms. The molecule has 108 valence electrons. The van der Waals surface area contributed by atoms with Crippen LogP contribution in [0.15, 0.2) is 52.6 Å². The zero-order valence-corrected chi connectivity index (χ0v) is 11.8. The van der Waals surface area contributed by atoms with Gasteiger partial charge in [-0.3, -0.25) is 4.79 Å². The van der Waals surface area contributed by atoms with E-state index in [1.54, 1.807) is 55.5 Å². The van der Waals surface area contributed by atoms with Crippen LogP contribution in [0.5, 0.6) is 0 Å². The van der Waals surface area contributed by atoms with E-state index in [0.29, 0.717) is 17.1 Å². The van der Waals surface area contributed by atoms with Gasteiger partial charge in [0.1, 0.15) is 23.5 Å². The minimum Gasteiger partial charge on any atom is -0.456 e. The SMILES string of the molecule is Cc1ccc(C(=O)Nc2ccc(NC=C(C#N)C#N)cc2)o1. The quantitative estimate of drug-likeness (QED) is 0.842. The Kier molecular flexibility index (Phi) is 4.59. The van der Waals surface area contributed by atoms with Gasteiger partial charge in [-0.1, -0.05) is 0 Å². The van der Waals surface area contributed by atoms with Crippen LogP contribution in [0, 0.1) is 29.6 Å². The topological polar surface area (TPSA) is 102 Å². The van der Waals surface area contributed by atoms with Crippen LogP contribution in [0.3, 0.4) is 0 Å². The predicted molar refractivity (Wildman–Crippen MR) is 80.8 cm³/mol. The number of anilines is 2. The summed E-state index contributed by atoms with van der Waals surface area (Å²) in [7, 11) is 0. The number of carbonyl (C=O) groups is 1. The summed E-state index contributed by atoms with van der Waals surface area (Å²) in [4.78, 5) is 11.9. The third-order valence-electron chi connectivity index (χ3n) is 2.73. The predicted octanol–water partition coefficient (Wildman–Crippen LogP) is 3.18. The molecule has 0 saturated heterocycles. The first-order chi connectivity index (χ1) is 10.6. The molecule has 1 aromatic heterocycles. The number of allylic oxidation sites excluding steroid dienone is 1. The zero-order valence-electron chi connectivity index (χ0n) is 11.8. The van der Waals surface area contributed by atoms with Crippen LogP contribution in [-0.4, -0.2) is 5.91 Å². The van der Waals surface area contributed by atoms with Crippen LogP contribution in [-0.2, 0) is 0 Å². The molecule has 0 fully saturated rings. The Balaban J connectivity index is 2.01. The molecular formula is C16H12N4O2. The van der Waals surface area contributed by atoms with E-state index in [0.717, 1.165) is 0 Å². The molecule has 0 radical (unpaired) electrons. The molecule has 0 spiro atoms. The van der Waals surface area contributed by atoms with Gasteiger partial charge in [0.05, 0.1) is 0 Å². The largest absolute Gasteiger partial charge is 0.456 e. The summed E-state index contributed by atoms with van der Waals surface area (Å²) < 4.78 is 5.24. The highest BCUT2D eigenvalue weighted by molar-refractivity contribution is 6.02. The van der Waals surface area contributed by atoms with Gasteiger partial charge in [-0.05, 0) is 43.3 Å². The maximum Gasteiger partial charge on any atom is 0.291 e. The lowest BCUT2D eigenvalue weighted by atomic mass is 10.2. The van der Waals surface area contributed by atoms with E-state index < -0.39 is 0 Å². The van der Waals surface area contributed by atoms with Crippen molar-refractivity contribution in [2.45, 2.75) is 6.92 Å². The number of nitriles is 2. The van der Waals surface area contributed by atoms with E-state index in [9.17, 15) is 4.79 Å². The fraction of sp³-hybridized carbons (Fsp3) is 0.0625. The molecule has 0 unspecified atom stereocenters. The number of rotatable bonds is 4. The van der Waals surface area contributed by atoms with E-state index in [2.05, 4.69) is 10.6 Å². The highest BCUT2D eigenvalue weighted by Crippen LogP contribution is 2.15. The standard InChI is InChI=1S/C16H12N4O2/c1-11-2-7-15(22-11)16(21)20-14-5-3-13(4-6-14)19-10-12(8-17)9-18/h2-7,10,19H,1H3,(H,20,21). The Bertz CT molecular complexity index is 773. The zero-order chi connectivity index (χ0) is 15.9. The third kappa shape index (κ3) is 3.75. The number of hydrogen-bond acceptors (Lipinski definition) is 5. The van der Waals surface area contributed by atoms with E-state index in [1.165, 1.54) is 6.20 Å². The Morgan fingerprint density at radius 2 is 1.73 bits per heavy atom. The average molecular weight is 292 g/mol. The molecule has 2 rings (SSSR count). The molecule has 0 saturated carbocycles. The summed E-state index contributed by atoms with van der Waals surface area (Å²) in [5.74, 6) is 0.586. The molecule has 6 nitrogen and oxygen atoms in total. The lowest BCUT2D eigenvalue weighted by Gasteiger charge is -2.05. The normalized spacial score (nSPS) is 9.23. The van der Waals surface area contributed by atoms with Crippen molar-refractivity contribution in [1.82, 2.24) is 0 Å². The third-order valence-corrected chi connectivity index (χ3v) is 2.73. The van der Waals surface area contributed by atoms with E-state index in [-0.39, 0.29) is 17.2 Å². The number of benzene rings is 1. The second-order valence-corrected chi connectivity index (χ2v) is 4.37. The molecule has 0 aliphatic rings. The highest BCUT2D eigenvalue weighted by atomic mass is 16.3. The van der Waals surface area contributed by atoms with Crippen molar-refractivity contribution in [3.63, 3.8) is 0 Å². The van der Waals surface area contributed by atoms with Crippen molar-refractivity contribution in [3.8, 4) is 12.1 Å². The van der Waals surface area contributed by atoms with E-state index >= 15 is 0 Å². The van der Waals surface area contributed by atoms with Crippen molar-refractivity contribution >= 4 is 17.3 Å². The fourth-order valence-corrected chi connectivity index (χ4v) is 1.64. The molecule has 1 aromatic carbocycles. The van der Waals surface area contributed by atoms with Crippen LogP contribution in [0.25, 0.3) is 0 Å². The van der Waals surface area contributed by atoms with Crippen LogP contribution < -0.4 is 10.6 Å². The molecule has 2 N–H and O–H groups in total. The Hall–Kier alpha value is -3.51. The highest BCUT2D eigenvalue weighted by Gasteiger charge is 2.09. The number of aryl methyl sites for hydroxylation is 1. The van der Waals surface area contributed by atoms with Crippen molar-refractivity contribution in [1.29, 1.82) is 10.5 Å². The van der Waals surface area contributed by atoms with Crippen LogP contribution >= 0.6 is 0 Å². The molecule has 0 aliphatic heterocycles. The summed E-state index contributed by atoms with van der Waals surface area (Å²) in [5.41, 5.74) is 1.27. The van der Waals surface area contributed by atoms with Crippen LogP contribution in [0.4, 0.5) is 11.4 Å². The van der Waals surface area contributed by atoms with Crippen molar-refractivity contribution in [2.24, 2.45) is 0 Å². The Morgan fingerprint density at radius 1 is 1.09 bits per heavy atom. The Labute approximate surface area is 127 Å². The number of amides is 1. The smallest absolute Gasteiger partial charge is 0.291 e. The average Bonchev–Trinajstić information content (AvgIpc) is 2.96. The molecule has 0 atom stereocenters. The van der Waals surface area contributed by atoms with Gasteiger partial charge in [0.2, 0.25) is 0 Å². The summed E-state index contributed by atoms with van der Waals surface area (Å²) in [6.07, 6.45) is 1.32. The molecule has 2 aromatic rings. The van der Waals surface area contributed by atoms with Gasteiger partial charge in [0.25, 0.3) is 5.91 Å². The molecule has 1 amide bonds. The summed E-state index contributed by atoms with van der Waals surface area (Å²) in [5, 5.41) is 22.8. The second kappa shape index (κ2) is 6.78. The molecule has 6 heteroatoms. The van der Waals surface area contributed by atoms with Gasteiger partial charge in [0.15, 0.2) is 5.76 Å². The first-order valence-corrected chi connectivity index (χ1v) is 6.37. The fourth-order valence-electron chi connectivity index (χ4n) is 1.64. The van der Waals surface area contributed by atoms with Gasteiger partial charge in [-0.25, -0.2) is 0 Å². The van der Waals surface area contributed by atoms with Crippen molar-refractivity contribution < 1.29 is 9.21 Å². The lowest BCUT2D eigenvalue weighted by Crippen LogP contribution is -2.10. The van der Waals surface area contributed by atoms with Gasteiger partial charge < -0.3 is 15.1 Å². The number of carbonyl (C=O) groups excluding carboxylic acids is 1. The van der Waals surface area contributed by atoms with E-state index in [4.69, 9.17) is 14.9 Å². The number of nitrogens with one attached hydrogen (secondary N) is 2. The van der Waals surface area contributed by atoms with Crippen molar-refractivity contribution in [3.05, 3.63) is 59.7 Å². The monoisotopic (exact) mass is 292 g/mol. The minimum atomic E-state index is -0.329. The number of furan rings is 1. The maximum atomic E-state index is 11.9. The summed E-state index contributed by atoms with van der Waals surface area (Å²) in [6, 6.07) is 13.6. The van der Waals surface area contributed by atoms with Gasteiger partial charge in [-0.2, -0.15) is 10.5 Å². The van der Waals surface area contributed by atoms with Gasteiger partial charge >= 0.3 is 0 Å². The molecule has 1 heterocycles. The summed E-state index contributed by atoms with van der Waals surface area (Å²) >= 11 is 0. The van der Waals surface area contributed by atoms with Crippen LogP contribution in [0.2, 0.25) is 0 Å². The Morgan fingerprint density at radius 3 is 2.27 bits per heavy atom. The van der Waals surface area contributed by atoms with E-state index in [1.807, 2.05) is 0 Å². The lowest BCUT2D eigenvalue weighted by molar-refractivity contribution is 0.0995. The van der Waals surface area contributed by atoms with Crippen molar-refractivity contribution in [2.75, 3.05) is 10.6 Å². The molecule has 22 heavy (non-hydrogen) atoms. The van der Waals surface area contributed by atoms with Gasteiger partial charge in [-0.15, -0.1) is 0 Å². The first-order valence-electron chi connectivity index (χ1n) is 6.37. The maximum absolute atomic E-state index is 11.9. The second-order valence-electron chi connectivity index (χ2n) is 4.37.